The molecule has 10 nitrogen and oxygen atoms in total. The lowest BCUT2D eigenvalue weighted by atomic mass is 9.80. The van der Waals surface area contributed by atoms with Crippen LogP contribution in [0.2, 0.25) is 0 Å². The molecule has 4 rings (SSSR count). The Hall–Kier alpha value is -2.27. The first-order valence-corrected chi connectivity index (χ1v) is 11.0. The van der Waals surface area contributed by atoms with Gasteiger partial charge in [-0.15, -0.1) is 0 Å². The van der Waals surface area contributed by atoms with Crippen LogP contribution in [0.4, 0.5) is 0 Å². The average Bonchev–Trinajstić information content (AvgIpc) is 3.30. The number of hydrogen-bond acceptors (Lipinski definition) is 7. The average molecular weight is 408 g/mol. The van der Waals surface area contributed by atoms with Crippen LogP contribution in [0.1, 0.15) is 40.7 Å². The number of nitrogens with zero attached hydrogens (tertiary/aromatic N) is 5. The number of nitrogens with one attached hydrogen (secondary N) is 1. The highest BCUT2D eigenvalue weighted by atomic mass is 32.2. The van der Waals surface area contributed by atoms with Crippen molar-refractivity contribution in [3.63, 3.8) is 0 Å². The van der Waals surface area contributed by atoms with Crippen molar-refractivity contribution in [2.75, 3.05) is 19.3 Å². The Morgan fingerprint density at radius 1 is 1.39 bits per heavy atom. The van der Waals surface area contributed by atoms with E-state index >= 15 is 0 Å². The van der Waals surface area contributed by atoms with Gasteiger partial charge in [-0.2, -0.15) is 10.1 Å². The maximum atomic E-state index is 12.6. The number of sulfonamides is 1. The van der Waals surface area contributed by atoms with Crippen LogP contribution in [0.5, 0.6) is 0 Å². The Balaban J connectivity index is 1.58. The van der Waals surface area contributed by atoms with Gasteiger partial charge >= 0.3 is 0 Å². The Morgan fingerprint density at radius 3 is 2.71 bits per heavy atom. The predicted molar refractivity (Wildman–Crippen MR) is 99.1 cm³/mol. The molecule has 0 radical (unpaired) electrons. The van der Waals surface area contributed by atoms with E-state index in [1.165, 1.54) is 10.6 Å². The van der Waals surface area contributed by atoms with E-state index in [1.54, 1.807) is 24.7 Å². The molecule has 2 aromatic heterocycles. The number of rotatable bonds is 4. The van der Waals surface area contributed by atoms with Crippen LogP contribution in [-0.4, -0.2) is 63.9 Å². The molecule has 2 aliphatic rings. The van der Waals surface area contributed by atoms with Crippen LogP contribution < -0.4 is 5.32 Å². The second kappa shape index (κ2) is 6.38. The lowest BCUT2D eigenvalue weighted by Crippen LogP contribution is -2.39. The third-order valence-electron chi connectivity index (χ3n) is 5.95. The zero-order valence-corrected chi connectivity index (χ0v) is 17.2. The molecule has 152 valence electrons. The lowest BCUT2D eigenvalue weighted by Gasteiger charge is -2.24. The molecule has 0 aromatic carbocycles. The normalized spacial score (nSPS) is 27.9. The summed E-state index contributed by atoms with van der Waals surface area (Å²) in [7, 11) is -1.54. The fraction of sp³-hybridized carbons (Fsp3) is 0.647. The number of aryl methyl sites for hydroxylation is 3. The van der Waals surface area contributed by atoms with Crippen LogP contribution in [0.25, 0.3) is 0 Å². The van der Waals surface area contributed by atoms with Crippen molar-refractivity contribution in [2.45, 2.75) is 38.1 Å². The minimum absolute atomic E-state index is 0.00200. The van der Waals surface area contributed by atoms with Gasteiger partial charge < -0.3 is 9.84 Å². The summed E-state index contributed by atoms with van der Waals surface area (Å²) in [6.45, 7) is 4.29. The summed E-state index contributed by atoms with van der Waals surface area (Å²) < 4.78 is 32.8. The maximum Gasteiger partial charge on any atom is 0.272 e. The molecular weight excluding hydrogens is 384 g/mol. The van der Waals surface area contributed by atoms with Crippen LogP contribution in [-0.2, 0) is 22.5 Å². The van der Waals surface area contributed by atoms with Gasteiger partial charge in [0.2, 0.25) is 15.9 Å². The molecule has 11 heteroatoms. The molecule has 1 N–H and O–H groups in total. The largest absolute Gasteiger partial charge is 0.348 e. The van der Waals surface area contributed by atoms with Crippen LogP contribution in [0.3, 0.4) is 0 Å². The van der Waals surface area contributed by atoms with E-state index in [0.717, 1.165) is 5.69 Å². The molecule has 0 spiro atoms. The van der Waals surface area contributed by atoms with E-state index in [4.69, 9.17) is 4.52 Å². The van der Waals surface area contributed by atoms with E-state index in [1.807, 2.05) is 6.92 Å². The maximum absolute atomic E-state index is 12.6. The fourth-order valence-electron chi connectivity index (χ4n) is 4.45. The number of aromatic nitrogens is 4. The van der Waals surface area contributed by atoms with Crippen LogP contribution in [0, 0.1) is 19.8 Å². The minimum Gasteiger partial charge on any atom is -0.348 e. The van der Waals surface area contributed by atoms with Crippen molar-refractivity contribution >= 4 is 15.9 Å². The summed E-state index contributed by atoms with van der Waals surface area (Å²) in [5.74, 6) is 0.729. The third kappa shape index (κ3) is 3.12. The topological polar surface area (TPSA) is 123 Å². The Morgan fingerprint density at radius 2 is 2.14 bits per heavy atom. The fourth-order valence-corrected chi connectivity index (χ4v) is 5.36. The number of fused-ring (bicyclic) bond motifs is 1. The molecule has 1 unspecified atom stereocenters. The summed E-state index contributed by atoms with van der Waals surface area (Å²) >= 11 is 0. The van der Waals surface area contributed by atoms with Crippen LogP contribution in [0.15, 0.2) is 10.6 Å². The van der Waals surface area contributed by atoms with Gasteiger partial charge in [-0.3, -0.25) is 9.48 Å². The van der Waals surface area contributed by atoms with Gasteiger partial charge in [-0.1, -0.05) is 5.16 Å². The zero-order valence-electron chi connectivity index (χ0n) is 16.3. The smallest absolute Gasteiger partial charge is 0.272 e. The molecule has 3 heterocycles. The van der Waals surface area contributed by atoms with Crippen molar-refractivity contribution in [2.24, 2.45) is 13.0 Å². The minimum atomic E-state index is -3.33. The Kier molecular flexibility index (Phi) is 4.34. The van der Waals surface area contributed by atoms with E-state index in [2.05, 4.69) is 20.6 Å². The number of amides is 1. The molecule has 1 aliphatic heterocycles. The molecule has 28 heavy (non-hydrogen) atoms. The SMILES string of the molecule is Cc1noc([C@]23C[C@H](NC(=O)c4cc(C)n(C)n4)CC2CN(S(C)(=O)=O)C3)n1. The van der Waals surface area contributed by atoms with E-state index < -0.39 is 15.4 Å². The van der Waals surface area contributed by atoms with Gasteiger partial charge in [0.15, 0.2) is 5.82 Å². The van der Waals surface area contributed by atoms with E-state index in [0.29, 0.717) is 36.8 Å². The highest BCUT2D eigenvalue weighted by Gasteiger charge is 2.59. The molecule has 1 amide bonds. The number of hydrogen-bond donors (Lipinski definition) is 1. The van der Waals surface area contributed by atoms with E-state index in [-0.39, 0.29) is 24.4 Å². The molecule has 3 atom stereocenters. The van der Waals surface area contributed by atoms with Gasteiger partial charge in [0, 0.05) is 31.9 Å². The summed E-state index contributed by atoms with van der Waals surface area (Å²) in [6, 6.07) is 1.63. The quantitative estimate of drug-likeness (QED) is 0.763. The van der Waals surface area contributed by atoms with Gasteiger partial charge in [-0.05, 0) is 38.7 Å². The van der Waals surface area contributed by atoms with Gasteiger partial charge in [0.05, 0.1) is 11.7 Å². The van der Waals surface area contributed by atoms with E-state index in [9.17, 15) is 13.2 Å². The second-order valence-electron chi connectivity index (χ2n) is 7.96. The first-order chi connectivity index (χ1) is 13.1. The Labute approximate surface area is 163 Å². The first-order valence-electron chi connectivity index (χ1n) is 9.16. The molecule has 1 saturated carbocycles. The van der Waals surface area contributed by atoms with Gasteiger partial charge in [-0.25, -0.2) is 12.7 Å². The second-order valence-corrected chi connectivity index (χ2v) is 9.94. The molecule has 2 fully saturated rings. The number of carbonyl (C=O) groups excluding carboxylic acids is 1. The highest BCUT2D eigenvalue weighted by molar-refractivity contribution is 7.88. The monoisotopic (exact) mass is 408 g/mol. The zero-order chi connectivity index (χ0) is 20.3. The Bertz CT molecular complexity index is 1010. The predicted octanol–water partition coefficient (Wildman–Crippen LogP) is 0.142. The third-order valence-corrected chi connectivity index (χ3v) is 7.16. The van der Waals surface area contributed by atoms with Gasteiger partial charge in [0.1, 0.15) is 5.69 Å². The van der Waals surface area contributed by atoms with Crippen molar-refractivity contribution in [3.05, 3.63) is 29.2 Å². The molecule has 1 saturated heterocycles. The molecule has 1 aliphatic carbocycles. The number of carbonyl (C=O) groups is 1. The first kappa shape index (κ1) is 19.1. The van der Waals surface area contributed by atoms with Crippen molar-refractivity contribution in [1.29, 1.82) is 0 Å². The highest BCUT2D eigenvalue weighted by Crippen LogP contribution is 2.50. The van der Waals surface area contributed by atoms with Crippen LogP contribution >= 0.6 is 0 Å². The standard InChI is InChI=1S/C17H24N6O4S/c1-10-5-14(20-22(10)3)15(24)19-13-6-12-8-23(28(4,25)26)9-17(12,7-13)16-18-11(2)21-27-16/h5,12-13H,6-9H2,1-4H3,(H,19,24)/t12?,13-,17+/m1/s1. The summed E-state index contributed by atoms with van der Waals surface area (Å²) in [4.78, 5) is 17.0. The summed E-state index contributed by atoms with van der Waals surface area (Å²) in [5.41, 5.74) is 0.690. The molecule has 2 aromatic rings. The van der Waals surface area contributed by atoms with Crippen molar-refractivity contribution < 1.29 is 17.7 Å². The van der Waals surface area contributed by atoms with Crippen molar-refractivity contribution in [3.8, 4) is 0 Å². The van der Waals surface area contributed by atoms with Gasteiger partial charge in [0.25, 0.3) is 5.91 Å². The lowest BCUT2D eigenvalue weighted by molar-refractivity contribution is 0.0929. The molecule has 0 bridgehead atoms. The summed E-state index contributed by atoms with van der Waals surface area (Å²) in [6.07, 6.45) is 2.40. The molecular formula is C17H24N6O4S. The summed E-state index contributed by atoms with van der Waals surface area (Å²) in [5, 5.41) is 11.2. The van der Waals surface area contributed by atoms with Crippen molar-refractivity contribution in [1.82, 2.24) is 29.5 Å².